The number of thiocarbonyl (C=S) groups is 1. The van der Waals surface area contributed by atoms with Gasteiger partial charge >= 0.3 is 0 Å². The predicted molar refractivity (Wildman–Crippen MR) is 178 cm³/mol. The third-order valence-electron chi connectivity index (χ3n) is 7.21. The molecule has 0 radical (unpaired) electrons. The Morgan fingerprint density at radius 3 is 2.02 bits per heavy atom. The molecule has 0 aliphatic heterocycles. The quantitative estimate of drug-likeness (QED) is 0.199. The SMILES string of the molecule is Cc1ccc(N(C)C(=S)Oc2ccc(C(=O)Nc3ccc4nc(-c5ccccn5)c(-c5ccccn5)nc4c3)cc2)cc1C. The molecule has 0 fully saturated rings. The Morgan fingerprint density at radius 1 is 0.750 bits per heavy atom. The molecule has 8 nitrogen and oxygen atoms in total. The molecule has 0 atom stereocenters. The van der Waals surface area contributed by atoms with Crippen LogP contribution in [0.15, 0.2) is 109 Å². The van der Waals surface area contributed by atoms with Gasteiger partial charge in [0.15, 0.2) is 0 Å². The molecule has 0 aliphatic rings. The van der Waals surface area contributed by atoms with Gasteiger partial charge in [-0.1, -0.05) is 18.2 Å². The molecule has 1 amide bonds. The van der Waals surface area contributed by atoms with Crippen molar-refractivity contribution in [1.82, 2.24) is 19.9 Å². The van der Waals surface area contributed by atoms with Crippen molar-refractivity contribution < 1.29 is 9.53 Å². The van der Waals surface area contributed by atoms with Crippen molar-refractivity contribution >= 4 is 45.7 Å². The zero-order chi connectivity index (χ0) is 30.6. The second kappa shape index (κ2) is 12.4. The van der Waals surface area contributed by atoms with Crippen molar-refractivity contribution in [1.29, 1.82) is 0 Å². The Balaban J connectivity index is 1.19. The monoisotopic (exact) mass is 596 g/mol. The number of ether oxygens (including phenoxy) is 1. The molecule has 3 aromatic heterocycles. The Bertz CT molecular complexity index is 1980. The maximum absolute atomic E-state index is 13.1. The summed E-state index contributed by atoms with van der Waals surface area (Å²) < 4.78 is 5.89. The summed E-state index contributed by atoms with van der Waals surface area (Å²) in [7, 11) is 1.86. The molecule has 0 unspecified atom stereocenters. The number of nitrogens with zero attached hydrogens (tertiary/aromatic N) is 5. The van der Waals surface area contributed by atoms with Gasteiger partial charge in [-0.2, -0.15) is 0 Å². The van der Waals surface area contributed by atoms with Crippen LogP contribution in [-0.4, -0.2) is 38.1 Å². The van der Waals surface area contributed by atoms with Crippen LogP contribution in [-0.2, 0) is 0 Å². The number of anilines is 2. The second-order valence-corrected chi connectivity index (χ2v) is 10.6. The molecular weight excluding hydrogens is 568 g/mol. The van der Waals surface area contributed by atoms with E-state index in [-0.39, 0.29) is 5.91 Å². The number of rotatable bonds is 6. The van der Waals surface area contributed by atoms with E-state index in [2.05, 4.69) is 41.3 Å². The number of benzene rings is 3. The van der Waals surface area contributed by atoms with Crippen LogP contribution in [0.1, 0.15) is 21.5 Å². The fourth-order valence-corrected chi connectivity index (χ4v) is 4.78. The topological polar surface area (TPSA) is 93.1 Å². The first-order valence-electron chi connectivity index (χ1n) is 13.9. The predicted octanol–water partition coefficient (Wildman–Crippen LogP) is 7.42. The first kappa shape index (κ1) is 28.6. The average Bonchev–Trinajstić information content (AvgIpc) is 3.06. The van der Waals surface area contributed by atoms with Crippen molar-refractivity contribution in [2.75, 3.05) is 17.3 Å². The number of nitrogens with one attached hydrogen (secondary N) is 1. The highest BCUT2D eigenvalue weighted by Crippen LogP contribution is 2.30. The minimum absolute atomic E-state index is 0.270. The normalized spacial score (nSPS) is 10.8. The van der Waals surface area contributed by atoms with Crippen LogP contribution in [0.5, 0.6) is 5.75 Å². The van der Waals surface area contributed by atoms with Crippen LogP contribution in [0.3, 0.4) is 0 Å². The van der Waals surface area contributed by atoms with Crippen molar-refractivity contribution in [2.45, 2.75) is 13.8 Å². The number of fused-ring (bicyclic) bond motifs is 1. The molecule has 3 heterocycles. The first-order chi connectivity index (χ1) is 21.4. The maximum atomic E-state index is 13.1. The molecule has 216 valence electrons. The molecular formula is C35H28N6O2S. The minimum atomic E-state index is -0.270. The molecule has 9 heteroatoms. The Kier molecular flexibility index (Phi) is 8.03. The van der Waals surface area contributed by atoms with Crippen molar-refractivity contribution in [3.63, 3.8) is 0 Å². The van der Waals surface area contributed by atoms with Gasteiger partial charge in [0.25, 0.3) is 11.1 Å². The molecule has 0 aliphatic carbocycles. The van der Waals surface area contributed by atoms with Crippen molar-refractivity contribution in [2.24, 2.45) is 0 Å². The highest BCUT2D eigenvalue weighted by atomic mass is 32.1. The summed E-state index contributed by atoms with van der Waals surface area (Å²) in [6, 6.07) is 29.7. The van der Waals surface area contributed by atoms with Crippen LogP contribution < -0.4 is 15.0 Å². The Morgan fingerprint density at radius 2 is 1.41 bits per heavy atom. The summed E-state index contributed by atoms with van der Waals surface area (Å²) in [6.45, 7) is 4.13. The summed E-state index contributed by atoms with van der Waals surface area (Å²) in [5.74, 6) is 0.266. The molecule has 44 heavy (non-hydrogen) atoms. The van der Waals surface area contributed by atoms with E-state index in [1.807, 2.05) is 60.5 Å². The van der Waals surface area contributed by atoms with E-state index < -0.39 is 0 Å². The minimum Gasteiger partial charge on any atom is -0.432 e. The number of hydrogen-bond donors (Lipinski definition) is 1. The number of aromatic nitrogens is 4. The number of aryl methyl sites for hydroxylation is 2. The average molecular weight is 597 g/mol. The Hall–Kier alpha value is -5.54. The lowest BCUT2D eigenvalue weighted by Gasteiger charge is -2.21. The third-order valence-corrected chi connectivity index (χ3v) is 7.57. The van der Waals surface area contributed by atoms with Gasteiger partial charge < -0.3 is 15.0 Å². The molecule has 0 spiro atoms. The number of carbonyl (C=O) groups is 1. The zero-order valence-electron chi connectivity index (χ0n) is 24.4. The number of carbonyl (C=O) groups excluding carboxylic acids is 1. The van der Waals surface area contributed by atoms with E-state index in [4.69, 9.17) is 26.9 Å². The van der Waals surface area contributed by atoms with E-state index in [9.17, 15) is 4.79 Å². The van der Waals surface area contributed by atoms with E-state index >= 15 is 0 Å². The lowest BCUT2D eigenvalue weighted by Crippen LogP contribution is -2.29. The third kappa shape index (κ3) is 6.13. The molecule has 6 rings (SSSR count). The number of amides is 1. The van der Waals surface area contributed by atoms with Gasteiger partial charge in [0.2, 0.25) is 0 Å². The lowest BCUT2D eigenvalue weighted by molar-refractivity contribution is 0.102. The first-order valence-corrected chi connectivity index (χ1v) is 14.4. The van der Waals surface area contributed by atoms with Crippen LogP contribution >= 0.6 is 12.2 Å². The van der Waals surface area contributed by atoms with Crippen LogP contribution in [0, 0.1) is 13.8 Å². The molecule has 0 saturated heterocycles. The summed E-state index contributed by atoms with van der Waals surface area (Å²) in [5, 5.41) is 3.26. The van der Waals surface area contributed by atoms with E-state index in [0.29, 0.717) is 56.0 Å². The summed E-state index contributed by atoms with van der Waals surface area (Å²) in [6.07, 6.45) is 3.44. The summed E-state index contributed by atoms with van der Waals surface area (Å²) in [4.78, 5) is 33.7. The van der Waals surface area contributed by atoms with E-state index in [1.165, 1.54) is 11.1 Å². The Labute approximate surface area is 260 Å². The lowest BCUT2D eigenvalue weighted by atomic mass is 10.1. The largest absolute Gasteiger partial charge is 0.432 e. The number of hydrogen-bond acceptors (Lipinski definition) is 7. The molecule has 0 bridgehead atoms. The highest BCUT2D eigenvalue weighted by molar-refractivity contribution is 7.80. The standard InChI is InChI=1S/C35H28N6O2S/c1-22-10-14-26(20-23(22)2)41(3)35(44)43-27-15-11-24(12-16-27)34(42)38-25-13-17-28-31(21-25)40-33(30-9-5-7-19-37-30)32(39-28)29-8-4-6-18-36-29/h4-21H,1-3H3,(H,38,42). The van der Waals surface area contributed by atoms with Gasteiger partial charge in [-0.05, 0) is 116 Å². The summed E-state index contributed by atoms with van der Waals surface area (Å²) >= 11 is 5.51. The number of pyridine rings is 2. The molecule has 0 saturated carbocycles. The fraction of sp³-hybridized carbons (Fsp3) is 0.0857. The van der Waals surface area contributed by atoms with Gasteiger partial charge in [-0.25, -0.2) is 9.97 Å². The van der Waals surface area contributed by atoms with Crippen LogP contribution in [0.4, 0.5) is 11.4 Å². The van der Waals surface area contributed by atoms with Crippen molar-refractivity contribution in [3.8, 4) is 28.5 Å². The van der Waals surface area contributed by atoms with Crippen LogP contribution in [0.2, 0.25) is 0 Å². The maximum Gasteiger partial charge on any atom is 0.269 e. The summed E-state index contributed by atoms with van der Waals surface area (Å²) in [5.41, 5.74) is 8.30. The van der Waals surface area contributed by atoms with Gasteiger partial charge in [0.05, 0.1) is 22.4 Å². The van der Waals surface area contributed by atoms with E-state index in [0.717, 1.165) is 5.69 Å². The molecule has 1 N–H and O–H groups in total. The van der Waals surface area contributed by atoms with E-state index in [1.54, 1.807) is 48.8 Å². The van der Waals surface area contributed by atoms with Gasteiger partial charge in [-0.15, -0.1) is 0 Å². The fourth-order valence-electron chi connectivity index (χ4n) is 4.58. The highest BCUT2D eigenvalue weighted by Gasteiger charge is 2.16. The van der Waals surface area contributed by atoms with Gasteiger partial charge in [0.1, 0.15) is 17.1 Å². The van der Waals surface area contributed by atoms with Crippen molar-refractivity contribution in [3.05, 3.63) is 126 Å². The van der Waals surface area contributed by atoms with Gasteiger partial charge in [-0.3, -0.25) is 14.8 Å². The molecule has 3 aromatic carbocycles. The van der Waals surface area contributed by atoms with Crippen LogP contribution in [0.25, 0.3) is 33.8 Å². The molecule has 6 aromatic rings. The zero-order valence-corrected chi connectivity index (χ0v) is 25.2. The second-order valence-electron chi connectivity index (χ2n) is 10.2. The smallest absolute Gasteiger partial charge is 0.269 e. The van der Waals surface area contributed by atoms with Gasteiger partial charge in [0, 0.05) is 36.4 Å².